The molecule has 19 heavy (non-hydrogen) atoms. The highest BCUT2D eigenvalue weighted by molar-refractivity contribution is 6.33. The zero-order valence-corrected chi connectivity index (χ0v) is 12.7. The minimum absolute atomic E-state index is 0.438. The van der Waals surface area contributed by atoms with Gasteiger partial charge in [-0.15, -0.1) is 0 Å². The minimum atomic E-state index is -0.609. The molecule has 2 rings (SSSR count). The molecule has 0 saturated carbocycles. The van der Waals surface area contributed by atoms with E-state index in [1.165, 1.54) is 5.56 Å². The number of para-hydroxylation sites is 1. The van der Waals surface area contributed by atoms with Crippen molar-refractivity contribution in [3.63, 3.8) is 0 Å². The Hall–Kier alpha value is -0.770. The van der Waals surface area contributed by atoms with Gasteiger partial charge in [0.05, 0.1) is 16.3 Å². The number of β-amino-alcohol motifs (C(OH)–C–C–N with tert-alkyl or cyclic N) is 1. The number of aliphatic hydroxyl groups is 1. The maximum atomic E-state index is 10.1. The molecule has 1 saturated heterocycles. The van der Waals surface area contributed by atoms with Crippen molar-refractivity contribution in [3.8, 4) is 0 Å². The largest absolute Gasteiger partial charge is 0.388 e. The average Bonchev–Trinajstić information content (AvgIpc) is 2.66. The summed E-state index contributed by atoms with van der Waals surface area (Å²) in [6.45, 7) is 8.44. The lowest BCUT2D eigenvalue weighted by Gasteiger charge is -2.25. The van der Waals surface area contributed by atoms with Gasteiger partial charge in [0.1, 0.15) is 0 Å². The summed E-state index contributed by atoms with van der Waals surface area (Å²) < 4.78 is 0. The lowest BCUT2D eigenvalue weighted by atomic mass is 10.1. The van der Waals surface area contributed by atoms with Gasteiger partial charge in [-0.05, 0) is 25.0 Å². The molecule has 1 fully saturated rings. The fourth-order valence-electron chi connectivity index (χ4n) is 2.51. The molecule has 0 amide bonds. The molecule has 0 radical (unpaired) electrons. The van der Waals surface area contributed by atoms with Gasteiger partial charge in [-0.1, -0.05) is 37.6 Å². The molecule has 1 aliphatic heterocycles. The van der Waals surface area contributed by atoms with E-state index in [-0.39, 0.29) is 0 Å². The third kappa shape index (κ3) is 3.62. The molecule has 0 spiro atoms. The molecule has 2 N–H and O–H groups in total. The zero-order valence-electron chi connectivity index (χ0n) is 11.9. The van der Waals surface area contributed by atoms with E-state index in [2.05, 4.69) is 30.1 Å². The Morgan fingerprint density at radius 2 is 2.21 bits per heavy atom. The van der Waals surface area contributed by atoms with Crippen LogP contribution in [0, 0.1) is 0 Å². The molecule has 0 aromatic heterocycles. The van der Waals surface area contributed by atoms with Crippen LogP contribution in [0.3, 0.4) is 0 Å². The van der Waals surface area contributed by atoms with Gasteiger partial charge in [0, 0.05) is 25.7 Å². The summed E-state index contributed by atoms with van der Waals surface area (Å²) in [5.41, 5.74) is 1.65. The highest BCUT2D eigenvalue weighted by atomic mass is 35.5. The Bertz CT molecular complexity index is 446. The molecular formula is C15H23ClN2O. The summed E-state index contributed by atoms with van der Waals surface area (Å²) in [6.07, 6.45) is 0.787. The van der Waals surface area contributed by atoms with Crippen LogP contribution >= 0.6 is 11.6 Å². The van der Waals surface area contributed by atoms with Crippen LogP contribution in [0.2, 0.25) is 5.02 Å². The first-order valence-corrected chi connectivity index (χ1v) is 7.25. The van der Waals surface area contributed by atoms with E-state index in [9.17, 15) is 5.11 Å². The van der Waals surface area contributed by atoms with Crippen molar-refractivity contribution in [2.24, 2.45) is 0 Å². The Morgan fingerprint density at radius 3 is 2.79 bits per heavy atom. The quantitative estimate of drug-likeness (QED) is 0.891. The number of benzene rings is 1. The van der Waals surface area contributed by atoms with E-state index in [1.807, 2.05) is 19.1 Å². The second kappa shape index (κ2) is 5.70. The van der Waals surface area contributed by atoms with Crippen LogP contribution in [0.5, 0.6) is 0 Å². The molecule has 1 atom stereocenters. The normalized spacial score (nSPS) is 23.4. The Labute approximate surface area is 120 Å². The van der Waals surface area contributed by atoms with Crippen LogP contribution in [0.4, 0.5) is 5.69 Å². The second-order valence-electron chi connectivity index (χ2n) is 5.95. The first-order chi connectivity index (χ1) is 8.89. The van der Waals surface area contributed by atoms with Gasteiger partial charge in [-0.25, -0.2) is 0 Å². The van der Waals surface area contributed by atoms with E-state index in [0.29, 0.717) is 12.6 Å². The van der Waals surface area contributed by atoms with Crippen molar-refractivity contribution >= 4 is 17.3 Å². The molecule has 1 aromatic rings. The third-order valence-electron chi connectivity index (χ3n) is 3.54. The van der Waals surface area contributed by atoms with Crippen molar-refractivity contribution in [2.75, 3.05) is 18.0 Å². The molecule has 1 heterocycles. The van der Waals surface area contributed by atoms with E-state index < -0.39 is 5.60 Å². The summed E-state index contributed by atoms with van der Waals surface area (Å²) in [6, 6.07) is 6.44. The monoisotopic (exact) mass is 282 g/mol. The van der Waals surface area contributed by atoms with Crippen LogP contribution in [-0.2, 0) is 6.54 Å². The van der Waals surface area contributed by atoms with Crippen LogP contribution in [0.1, 0.15) is 32.8 Å². The highest BCUT2D eigenvalue weighted by Gasteiger charge is 2.33. The van der Waals surface area contributed by atoms with E-state index >= 15 is 0 Å². The standard InChI is InChI=1S/C15H23ClN2O/c1-11(2)17-9-12-5-4-6-13(16)14(12)18-8-7-15(3,19)10-18/h4-6,11,17,19H,7-10H2,1-3H3. The van der Waals surface area contributed by atoms with Gasteiger partial charge < -0.3 is 15.3 Å². The predicted molar refractivity (Wildman–Crippen MR) is 80.9 cm³/mol. The first-order valence-electron chi connectivity index (χ1n) is 6.87. The second-order valence-corrected chi connectivity index (χ2v) is 6.36. The van der Waals surface area contributed by atoms with Gasteiger partial charge >= 0.3 is 0 Å². The number of hydrogen-bond donors (Lipinski definition) is 2. The SMILES string of the molecule is CC(C)NCc1cccc(Cl)c1N1CCC(C)(O)C1. The lowest BCUT2D eigenvalue weighted by molar-refractivity contribution is 0.0839. The van der Waals surface area contributed by atoms with Gasteiger partial charge in [0.25, 0.3) is 0 Å². The molecule has 1 aromatic carbocycles. The summed E-state index contributed by atoms with van der Waals surface area (Å²) in [5.74, 6) is 0. The lowest BCUT2D eigenvalue weighted by Crippen LogP contribution is -2.31. The maximum absolute atomic E-state index is 10.1. The summed E-state index contributed by atoms with van der Waals surface area (Å²) in [5, 5.41) is 14.3. The summed E-state index contributed by atoms with van der Waals surface area (Å²) in [7, 11) is 0. The number of hydrogen-bond acceptors (Lipinski definition) is 3. The topological polar surface area (TPSA) is 35.5 Å². The van der Waals surface area contributed by atoms with Crippen LogP contribution in [0.25, 0.3) is 0 Å². The fourth-order valence-corrected chi connectivity index (χ4v) is 2.82. The summed E-state index contributed by atoms with van der Waals surface area (Å²) in [4.78, 5) is 2.19. The maximum Gasteiger partial charge on any atom is 0.0810 e. The van der Waals surface area contributed by atoms with Gasteiger partial charge in [-0.2, -0.15) is 0 Å². The molecule has 106 valence electrons. The average molecular weight is 283 g/mol. The molecule has 0 aliphatic carbocycles. The first kappa shape index (κ1) is 14.6. The predicted octanol–water partition coefficient (Wildman–Crippen LogP) is 2.80. The Kier molecular flexibility index (Phi) is 4.39. The Morgan fingerprint density at radius 1 is 1.47 bits per heavy atom. The summed E-state index contributed by atoms with van der Waals surface area (Å²) >= 11 is 6.37. The molecule has 1 unspecified atom stereocenters. The van der Waals surface area contributed by atoms with Crippen molar-refractivity contribution in [1.82, 2.24) is 5.32 Å². The van der Waals surface area contributed by atoms with Crippen molar-refractivity contribution < 1.29 is 5.11 Å². The van der Waals surface area contributed by atoms with Crippen molar-refractivity contribution in [2.45, 2.75) is 45.4 Å². The molecule has 0 bridgehead atoms. The van der Waals surface area contributed by atoms with Gasteiger partial charge in [0.2, 0.25) is 0 Å². The number of nitrogens with one attached hydrogen (secondary N) is 1. The number of nitrogens with zero attached hydrogens (tertiary/aromatic N) is 1. The van der Waals surface area contributed by atoms with E-state index in [0.717, 1.165) is 30.2 Å². The van der Waals surface area contributed by atoms with E-state index in [4.69, 9.17) is 11.6 Å². The number of rotatable bonds is 4. The minimum Gasteiger partial charge on any atom is -0.388 e. The van der Waals surface area contributed by atoms with Crippen LogP contribution in [-0.4, -0.2) is 29.8 Å². The fraction of sp³-hybridized carbons (Fsp3) is 0.600. The zero-order chi connectivity index (χ0) is 14.0. The smallest absolute Gasteiger partial charge is 0.0810 e. The molecule has 1 aliphatic rings. The van der Waals surface area contributed by atoms with Crippen LogP contribution in [0.15, 0.2) is 18.2 Å². The molecular weight excluding hydrogens is 260 g/mol. The van der Waals surface area contributed by atoms with Crippen LogP contribution < -0.4 is 10.2 Å². The van der Waals surface area contributed by atoms with Crippen molar-refractivity contribution in [3.05, 3.63) is 28.8 Å². The molecule has 4 heteroatoms. The van der Waals surface area contributed by atoms with E-state index in [1.54, 1.807) is 0 Å². The van der Waals surface area contributed by atoms with Gasteiger partial charge in [0.15, 0.2) is 0 Å². The van der Waals surface area contributed by atoms with Crippen molar-refractivity contribution in [1.29, 1.82) is 0 Å². The molecule has 3 nitrogen and oxygen atoms in total. The number of anilines is 1. The number of halogens is 1. The Balaban J connectivity index is 2.23. The highest BCUT2D eigenvalue weighted by Crippen LogP contribution is 2.34. The third-order valence-corrected chi connectivity index (χ3v) is 3.84. The van der Waals surface area contributed by atoms with Gasteiger partial charge in [-0.3, -0.25) is 0 Å².